The number of nitrogens with zero attached hydrogens (tertiary/aromatic N) is 3. The molecule has 1 spiro atoms. The minimum Gasteiger partial charge on any atom is -0.348 e. The summed E-state index contributed by atoms with van der Waals surface area (Å²) in [4.78, 5) is 0. The van der Waals surface area contributed by atoms with Crippen LogP contribution in [0.5, 0.6) is 0 Å². The Labute approximate surface area is 113 Å². The number of hydrogen-bond donors (Lipinski definition) is 1. The second-order valence-corrected chi connectivity index (χ2v) is 5.44. The Morgan fingerprint density at radius 1 is 1.37 bits per heavy atom. The highest BCUT2D eigenvalue weighted by molar-refractivity contribution is 4.88. The summed E-state index contributed by atoms with van der Waals surface area (Å²) in [5.74, 6) is 0.782. The van der Waals surface area contributed by atoms with Crippen LogP contribution in [0.1, 0.15) is 31.5 Å². The van der Waals surface area contributed by atoms with Crippen molar-refractivity contribution in [3.8, 4) is 0 Å². The number of nitrogens with one attached hydrogen (secondary N) is 1. The predicted octanol–water partition coefficient (Wildman–Crippen LogP) is 0.633. The topological polar surface area (TPSA) is 61.2 Å². The first-order valence-electron chi connectivity index (χ1n) is 7.12. The Bertz CT molecular complexity index is 405. The lowest BCUT2D eigenvalue weighted by Gasteiger charge is -2.35. The van der Waals surface area contributed by atoms with Gasteiger partial charge in [-0.05, 0) is 12.8 Å². The van der Waals surface area contributed by atoms with Crippen LogP contribution >= 0.6 is 0 Å². The molecule has 2 heterocycles. The van der Waals surface area contributed by atoms with Crippen molar-refractivity contribution in [1.82, 2.24) is 20.1 Å². The average molecular weight is 266 g/mol. The Kier molecular flexibility index (Phi) is 3.81. The van der Waals surface area contributed by atoms with E-state index in [1.54, 1.807) is 6.33 Å². The molecular weight excluding hydrogens is 244 g/mol. The molecule has 1 aliphatic heterocycles. The van der Waals surface area contributed by atoms with Gasteiger partial charge >= 0.3 is 0 Å². The molecule has 106 valence electrons. The highest BCUT2D eigenvalue weighted by Crippen LogP contribution is 2.35. The molecule has 0 unspecified atom stereocenters. The summed E-state index contributed by atoms with van der Waals surface area (Å²) in [5, 5.41) is 11.6. The Morgan fingerprint density at radius 3 is 2.74 bits per heavy atom. The molecule has 6 heteroatoms. The molecule has 1 aromatic heterocycles. The third-order valence-corrected chi connectivity index (χ3v) is 4.15. The summed E-state index contributed by atoms with van der Waals surface area (Å²) in [6.07, 6.45) is 6.93. The summed E-state index contributed by atoms with van der Waals surface area (Å²) in [7, 11) is 1.98. The van der Waals surface area contributed by atoms with Crippen LogP contribution in [-0.4, -0.2) is 46.4 Å². The molecule has 1 aromatic rings. The lowest BCUT2D eigenvalue weighted by atomic mass is 9.90. The van der Waals surface area contributed by atoms with Gasteiger partial charge in [-0.25, -0.2) is 0 Å². The molecule has 1 saturated carbocycles. The van der Waals surface area contributed by atoms with E-state index in [1.165, 1.54) is 0 Å². The average Bonchev–Trinajstić information content (AvgIpc) is 3.03. The van der Waals surface area contributed by atoms with Gasteiger partial charge < -0.3 is 19.4 Å². The molecule has 0 atom stereocenters. The van der Waals surface area contributed by atoms with Crippen LogP contribution in [0.25, 0.3) is 0 Å². The van der Waals surface area contributed by atoms with Gasteiger partial charge in [0.05, 0.1) is 13.2 Å². The Balaban J connectivity index is 1.39. The molecule has 6 nitrogen and oxygen atoms in total. The van der Waals surface area contributed by atoms with E-state index in [2.05, 4.69) is 15.5 Å². The molecule has 1 aliphatic carbocycles. The van der Waals surface area contributed by atoms with Crippen molar-refractivity contribution in [1.29, 1.82) is 0 Å². The second kappa shape index (κ2) is 5.56. The molecule has 0 aromatic carbocycles. The molecule has 2 aliphatic rings. The van der Waals surface area contributed by atoms with E-state index < -0.39 is 0 Å². The predicted molar refractivity (Wildman–Crippen MR) is 69.6 cm³/mol. The molecular formula is C13H22N4O2. The number of aromatic nitrogens is 3. The first-order chi connectivity index (χ1) is 9.27. The van der Waals surface area contributed by atoms with Gasteiger partial charge in [-0.15, -0.1) is 10.2 Å². The van der Waals surface area contributed by atoms with Crippen LogP contribution in [0.2, 0.25) is 0 Å². The summed E-state index contributed by atoms with van der Waals surface area (Å²) < 4.78 is 13.4. The van der Waals surface area contributed by atoms with Gasteiger partial charge in [0.2, 0.25) is 0 Å². The maximum atomic E-state index is 5.74. The van der Waals surface area contributed by atoms with Gasteiger partial charge in [-0.3, -0.25) is 0 Å². The largest absolute Gasteiger partial charge is 0.348 e. The van der Waals surface area contributed by atoms with E-state index in [0.717, 1.165) is 57.7 Å². The van der Waals surface area contributed by atoms with Crippen LogP contribution in [0, 0.1) is 0 Å². The monoisotopic (exact) mass is 266 g/mol. The van der Waals surface area contributed by atoms with E-state index >= 15 is 0 Å². The van der Waals surface area contributed by atoms with Crippen LogP contribution in [0.3, 0.4) is 0 Å². The zero-order valence-corrected chi connectivity index (χ0v) is 11.5. The Morgan fingerprint density at radius 2 is 2.11 bits per heavy atom. The molecule has 0 bridgehead atoms. The van der Waals surface area contributed by atoms with Crippen LogP contribution in [0.4, 0.5) is 0 Å². The molecule has 0 amide bonds. The number of aryl methyl sites for hydroxylation is 1. The van der Waals surface area contributed by atoms with Gasteiger partial charge in [0.25, 0.3) is 0 Å². The zero-order chi connectivity index (χ0) is 13.1. The van der Waals surface area contributed by atoms with Crippen molar-refractivity contribution in [3.63, 3.8) is 0 Å². The van der Waals surface area contributed by atoms with Crippen molar-refractivity contribution < 1.29 is 9.47 Å². The lowest BCUT2D eigenvalue weighted by molar-refractivity contribution is -0.179. The van der Waals surface area contributed by atoms with E-state index in [-0.39, 0.29) is 5.79 Å². The number of rotatable bonds is 4. The maximum absolute atomic E-state index is 5.74. The minimum atomic E-state index is -0.248. The van der Waals surface area contributed by atoms with Gasteiger partial charge in [-0.1, -0.05) is 0 Å². The van der Waals surface area contributed by atoms with Crippen molar-refractivity contribution in [2.24, 2.45) is 7.05 Å². The van der Waals surface area contributed by atoms with Crippen molar-refractivity contribution >= 4 is 0 Å². The van der Waals surface area contributed by atoms with Crippen molar-refractivity contribution in [2.45, 2.75) is 43.9 Å². The maximum Gasteiger partial charge on any atom is 0.168 e. The molecule has 1 saturated heterocycles. The quantitative estimate of drug-likeness (QED) is 0.866. The third-order valence-electron chi connectivity index (χ3n) is 4.15. The van der Waals surface area contributed by atoms with Gasteiger partial charge in [0.15, 0.2) is 5.79 Å². The molecule has 2 fully saturated rings. The van der Waals surface area contributed by atoms with Crippen molar-refractivity contribution in [3.05, 3.63) is 12.2 Å². The summed E-state index contributed by atoms with van der Waals surface area (Å²) >= 11 is 0. The summed E-state index contributed by atoms with van der Waals surface area (Å²) in [6.45, 7) is 2.46. The highest BCUT2D eigenvalue weighted by Gasteiger charge is 2.40. The molecule has 0 radical (unpaired) electrons. The van der Waals surface area contributed by atoms with Gasteiger partial charge in [0.1, 0.15) is 12.2 Å². The van der Waals surface area contributed by atoms with E-state index in [1.807, 2.05) is 11.6 Å². The fourth-order valence-corrected chi connectivity index (χ4v) is 2.97. The number of hydrogen-bond acceptors (Lipinski definition) is 5. The van der Waals surface area contributed by atoms with E-state index in [0.29, 0.717) is 6.04 Å². The van der Waals surface area contributed by atoms with Crippen molar-refractivity contribution in [2.75, 3.05) is 19.8 Å². The highest BCUT2D eigenvalue weighted by atomic mass is 16.7. The standard InChI is InChI=1S/C13H22N4O2/c1-17-10-15-16-12(17)4-7-14-11-2-5-13(6-3-11)18-8-9-19-13/h10-11,14H,2-9H2,1H3. The van der Waals surface area contributed by atoms with Crippen LogP contribution in [0.15, 0.2) is 6.33 Å². The van der Waals surface area contributed by atoms with Crippen LogP contribution < -0.4 is 5.32 Å². The first kappa shape index (κ1) is 13.0. The molecule has 3 rings (SSSR count). The SMILES string of the molecule is Cn1cnnc1CCNC1CCC2(CC1)OCCO2. The third kappa shape index (κ3) is 2.96. The summed E-state index contributed by atoms with van der Waals surface area (Å²) in [5.41, 5.74) is 0. The van der Waals surface area contributed by atoms with E-state index in [9.17, 15) is 0 Å². The second-order valence-electron chi connectivity index (χ2n) is 5.44. The summed E-state index contributed by atoms with van der Waals surface area (Å²) in [6, 6.07) is 0.576. The zero-order valence-electron chi connectivity index (χ0n) is 11.5. The Hall–Kier alpha value is -0.980. The first-order valence-corrected chi connectivity index (χ1v) is 7.12. The van der Waals surface area contributed by atoms with Gasteiger partial charge in [-0.2, -0.15) is 0 Å². The van der Waals surface area contributed by atoms with Gasteiger partial charge in [0, 0.05) is 38.9 Å². The molecule has 19 heavy (non-hydrogen) atoms. The molecule has 1 N–H and O–H groups in total. The van der Waals surface area contributed by atoms with E-state index in [4.69, 9.17) is 9.47 Å². The number of ether oxygens (including phenoxy) is 2. The fourth-order valence-electron chi connectivity index (χ4n) is 2.97. The van der Waals surface area contributed by atoms with Crippen LogP contribution in [-0.2, 0) is 22.9 Å². The smallest absolute Gasteiger partial charge is 0.168 e. The normalized spacial score (nSPS) is 23.2. The minimum absolute atomic E-state index is 0.248. The fraction of sp³-hybridized carbons (Fsp3) is 0.846. The lowest BCUT2D eigenvalue weighted by Crippen LogP contribution is -2.42.